The van der Waals surface area contributed by atoms with E-state index < -0.39 is 11.6 Å². The molecular weight excluding hydrogens is 370 g/mol. The number of piperidine rings is 1. The van der Waals surface area contributed by atoms with E-state index in [1.807, 2.05) is 41.9 Å². The van der Waals surface area contributed by atoms with E-state index in [0.717, 1.165) is 56.2 Å². The predicted octanol–water partition coefficient (Wildman–Crippen LogP) is 0.762. The number of rotatable bonds is 4. The lowest BCUT2D eigenvalue weighted by atomic mass is 9.79. The number of aliphatic imine (C=N–C) groups is 1. The zero-order valence-electron chi connectivity index (χ0n) is 16.8. The standard InChI is InChI=1S/C20H27N7O2/c1-20(17(28)24-19(29)25-20)14-7-11-26(12-8-14)18(21-2)22-9-6-15-13-27-10-4-3-5-16(27)23-15/h3-5,10,13-14H,6-9,11-12H2,1-2H3,(H,21,22)(H2,24,25,28,29). The second kappa shape index (κ2) is 7.73. The molecule has 2 aliphatic rings. The van der Waals surface area contributed by atoms with Gasteiger partial charge in [0.05, 0.1) is 5.69 Å². The number of imide groups is 1. The van der Waals surface area contributed by atoms with E-state index in [-0.39, 0.29) is 11.8 Å². The summed E-state index contributed by atoms with van der Waals surface area (Å²) >= 11 is 0. The van der Waals surface area contributed by atoms with Gasteiger partial charge in [0.1, 0.15) is 11.2 Å². The molecule has 0 aromatic carbocycles. The molecule has 3 amide bonds. The average molecular weight is 397 g/mol. The van der Waals surface area contributed by atoms with Crippen LogP contribution in [0.2, 0.25) is 0 Å². The van der Waals surface area contributed by atoms with Crippen molar-refractivity contribution in [3.8, 4) is 0 Å². The van der Waals surface area contributed by atoms with Crippen molar-refractivity contribution in [1.29, 1.82) is 0 Å². The number of nitrogens with zero attached hydrogens (tertiary/aromatic N) is 4. The van der Waals surface area contributed by atoms with Gasteiger partial charge in [-0.25, -0.2) is 9.78 Å². The van der Waals surface area contributed by atoms with Gasteiger partial charge in [-0.05, 0) is 37.8 Å². The Morgan fingerprint density at radius 3 is 2.79 bits per heavy atom. The normalized spacial score (nSPS) is 23.4. The van der Waals surface area contributed by atoms with Crippen molar-refractivity contribution in [2.24, 2.45) is 10.9 Å². The summed E-state index contributed by atoms with van der Waals surface area (Å²) in [6.07, 6.45) is 6.49. The lowest BCUT2D eigenvalue weighted by Crippen LogP contribution is -2.55. The van der Waals surface area contributed by atoms with Crippen LogP contribution in [-0.4, -0.2) is 64.4 Å². The third-order valence-corrected chi connectivity index (χ3v) is 5.97. The van der Waals surface area contributed by atoms with Crippen LogP contribution in [0.15, 0.2) is 35.6 Å². The van der Waals surface area contributed by atoms with Crippen molar-refractivity contribution in [1.82, 2.24) is 30.2 Å². The lowest BCUT2D eigenvalue weighted by Gasteiger charge is -2.39. The Kier molecular flexibility index (Phi) is 5.12. The molecule has 4 rings (SSSR count). The van der Waals surface area contributed by atoms with Crippen molar-refractivity contribution in [3.05, 3.63) is 36.3 Å². The van der Waals surface area contributed by atoms with E-state index in [2.05, 4.69) is 30.8 Å². The molecule has 1 atom stereocenters. The number of carbonyl (C=O) groups is 2. The van der Waals surface area contributed by atoms with Crippen LogP contribution in [0.5, 0.6) is 0 Å². The Morgan fingerprint density at radius 1 is 1.34 bits per heavy atom. The van der Waals surface area contributed by atoms with Gasteiger partial charge in [-0.2, -0.15) is 0 Å². The first kappa shape index (κ1) is 19.2. The minimum absolute atomic E-state index is 0.112. The smallest absolute Gasteiger partial charge is 0.322 e. The number of urea groups is 1. The van der Waals surface area contributed by atoms with Gasteiger partial charge in [0.2, 0.25) is 0 Å². The number of nitrogens with one attached hydrogen (secondary N) is 3. The molecule has 9 heteroatoms. The van der Waals surface area contributed by atoms with Crippen LogP contribution in [0.25, 0.3) is 5.65 Å². The molecular formula is C20H27N7O2. The molecule has 3 N–H and O–H groups in total. The highest BCUT2D eigenvalue weighted by Gasteiger charge is 2.48. The van der Waals surface area contributed by atoms with E-state index in [1.165, 1.54) is 0 Å². The zero-order chi connectivity index (χ0) is 20.4. The molecule has 0 saturated carbocycles. The van der Waals surface area contributed by atoms with Gasteiger partial charge < -0.3 is 19.9 Å². The quantitative estimate of drug-likeness (QED) is 0.402. The van der Waals surface area contributed by atoms with Gasteiger partial charge in [0, 0.05) is 45.5 Å². The highest BCUT2D eigenvalue weighted by atomic mass is 16.2. The molecule has 2 aromatic rings. The van der Waals surface area contributed by atoms with Crippen molar-refractivity contribution >= 4 is 23.5 Å². The minimum atomic E-state index is -0.816. The summed E-state index contributed by atoms with van der Waals surface area (Å²) < 4.78 is 2.02. The molecule has 154 valence electrons. The van der Waals surface area contributed by atoms with Gasteiger partial charge in [-0.1, -0.05) is 6.07 Å². The van der Waals surface area contributed by atoms with Crippen LogP contribution in [0, 0.1) is 5.92 Å². The first-order valence-electron chi connectivity index (χ1n) is 10.0. The number of pyridine rings is 1. The van der Waals surface area contributed by atoms with Crippen LogP contribution < -0.4 is 16.0 Å². The third-order valence-electron chi connectivity index (χ3n) is 5.97. The number of fused-ring (bicyclic) bond motifs is 1. The molecule has 0 bridgehead atoms. The van der Waals surface area contributed by atoms with Gasteiger partial charge in [0.25, 0.3) is 5.91 Å². The number of likely N-dealkylation sites (tertiary alicyclic amines) is 1. The van der Waals surface area contributed by atoms with Crippen molar-refractivity contribution in [3.63, 3.8) is 0 Å². The first-order valence-corrected chi connectivity index (χ1v) is 10.0. The number of guanidine groups is 1. The summed E-state index contributed by atoms with van der Waals surface area (Å²) in [7, 11) is 1.78. The largest absolute Gasteiger partial charge is 0.356 e. The summed E-state index contributed by atoms with van der Waals surface area (Å²) in [6.45, 7) is 4.14. The summed E-state index contributed by atoms with van der Waals surface area (Å²) in [4.78, 5) is 34.9. The summed E-state index contributed by atoms with van der Waals surface area (Å²) in [5, 5.41) is 8.57. The molecule has 2 saturated heterocycles. The molecule has 9 nitrogen and oxygen atoms in total. The predicted molar refractivity (Wildman–Crippen MR) is 110 cm³/mol. The second-order valence-corrected chi connectivity index (χ2v) is 7.79. The lowest BCUT2D eigenvalue weighted by molar-refractivity contribution is -0.125. The van der Waals surface area contributed by atoms with Crippen LogP contribution in [0.4, 0.5) is 4.79 Å². The molecule has 4 heterocycles. The Bertz CT molecular complexity index is 912. The van der Waals surface area contributed by atoms with Crippen LogP contribution >= 0.6 is 0 Å². The molecule has 2 fully saturated rings. The molecule has 0 spiro atoms. The fourth-order valence-electron chi connectivity index (χ4n) is 4.26. The minimum Gasteiger partial charge on any atom is -0.356 e. The van der Waals surface area contributed by atoms with Crippen LogP contribution in [0.1, 0.15) is 25.5 Å². The van der Waals surface area contributed by atoms with E-state index in [9.17, 15) is 9.59 Å². The Balaban J connectivity index is 1.29. The molecule has 0 aliphatic carbocycles. The average Bonchev–Trinajstić information content (AvgIpc) is 3.25. The summed E-state index contributed by atoms with van der Waals surface area (Å²) in [5.74, 6) is 0.745. The number of hydrogen-bond acceptors (Lipinski definition) is 4. The fraction of sp³-hybridized carbons (Fsp3) is 0.500. The number of imidazole rings is 1. The Labute approximate surface area is 169 Å². The van der Waals surface area contributed by atoms with Gasteiger partial charge >= 0.3 is 6.03 Å². The maximum Gasteiger partial charge on any atom is 0.322 e. The Morgan fingerprint density at radius 2 is 2.14 bits per heavy atom. The zero-order valence-corrected chi connectivity index (χ0v) is 16.8. The SMILES string of the molecule is CN=C(NCCc1cn2ccccc2n1)N1CCC(C2(C)NC(=O)NC2=O)CC1. The van der Waals surface area contributed by atoms with Gasteiger partial charge in [0.15, 0.2) is 5.96 Å². The summed E-state index contributed by atoms with van der Waals surface area (Å²) in [5.41, 5.74) is 1.17. The molecule has 29 heavy (non-hydrogen) atoms. The topological polar surface area (TPSA) is 103 Å². The van der Waals surface area contributed by atoms with Crippen molar-refractivity contribution in [2.45, 2.75) is 31.7 Å². The first-order chi connectivity index (χ1) is 14.0. The van der Waals surface area contributed by atoms with Crippen LogP contribution in [0.3, 0.4) is 0 Å². The van der Waals surface area contributed by atoms with Gasteiger partial charge in [-0.15, -0.1) is 0 Å². The number of aromatic nitrogens is 2. The van der Waals surface area contributed by atoms with Crippen molar-refractivity contribution < 1.29 is 9.59 Å². The van der Waals surface area contributed by atoms with E-state index in [1.54, 1.807) is 7.05 Å². The fourth-order valence-corrected chi connectivity index (χ4v) is 4.26. The Hall–Kier alpha value is -3.10. The van der Waals surface area contributed by atoms with E-state index in [4.69, 9.17) is 0 Å². The number of hydrogen-bond donors (Lipinski definition) is 3. The summed E-state index contributed by atoms with van der Waals surface area (Å²) in [6, 6.07) is 5.57. The molecule has 0 radical (unpaired) electrons. The maximum absolute atomic E-state index is 12.2. The van der Waals surface area contributed by atoms with E-state index >= 15 is 0 Å². The number of carbonyl (C=O) groups excluding carboxylic acids is 2. The third kappa shape index (κ3) is 3.76. The second-order valence-electron chi connectivity index (χ2n) is 7.79. The highest BCUT2D eigenvalue weighted by molar-refractivity contribution is 6.07. The van der Waals surface area contributed by atoms with E-state index in [0.29, 0.717) is 0 Å². The molecule has 1 unspecified atom stereocenters. The highest BCUT2D eigenvalue weighted by Crippen LogP contribution is 2.30. The molecule has 2 aromatic heterocycles. The molecule has 2 aliphatic heterocycles. The van der Waals surface area contributed by atoms with Gasteiger partial charge in [-0.3, -0.25) is 15.1 Å². The van der Waals surface area contributed by atoms with Crippen molar-refractivity contribution in [2.75, 3.05) is 26.7 Å². The number of amides is 3. The monoisotopic (exact) mass is 397 g/mol. The maximum atomic E-state index is 12.2. The van der Waals surface area contributed by atoms with Crippen LogP contribution in [-0.2, 0) is 11.2 Å².